The van der Waals surface area contributed by atoms with Crippen LogP contribution in [0.1, 0.15) is 53.5 Å². The van der Waals surface area contributed by atoms with Gasteiger partial charge in [0.05, 0.1) is 13.2 Å². The zero-order chi connectivity index (χ0) is 30.4. The van der Waals surface area contributed by atoms with E-state index in [-0.39, 0.29) is 32.3 Å². The summed E-state index contributed by atoms with van der Waals surface area (Å²) in [6.07, 6.45) is -1.23. The van der Waals surface area contributed by atoms with Gasteiger partial charge in [-0.1, -0.05) is 30.3 Å². The molecule has 2 saturated heterocycles. The molecule has 228 valence electrons. The van der Waals surface area contributed by atoms with Crippen molar-refractivity contribution < 1.29 is 38.1 Å². The summed E-state index contributed by atoms with van der Waals surface area (Å²) in [6, 6.07) is 7.76. The Balaban J connectivity index is 1.68. The fourth-order valence-electron chi connectivity index (χ4n) is 4.73. The fourth-order valence-corrected chi connectivity index (χ4v) is 4.73. The molecule has 0 spiro atoms. The minimum absolute atomic E-state index is 0.0790. The van der Waals surface area contributed by atoms with E-state index in [2.05, 4.69) is 5.32 Å². The number of benzene rings is 1. The van der Waals surface area contributed by atoms with Crippen molar-refractivity contribution in [2.24, 2.45) is 0 Å². The summed E-state index contributed by atoms with van der Waals surface area (Å²) in [6.45, 7) is 12.2. The first kappa shape index (κ1) is 32.0. The number of esters is 1. The Morgan fingerprint density at radius 2 is 1.49 bits per heavy atom. The summed E-state index contributed by atoms with van der Waals surface area (Å²) < 4.78 is 21.6. The lowest BCUT2D eigenvalue weighted by Crippen LogP contribution is -2.61. The summed E-state index contributed by atoms with van der Waals surface area (Å²) in [5, 5.41) is 3.39. The SMILES string of the molecule is COC(=O)[C@@H]1C[C@H](NC[C@H]2CN(C(=O)OC(C)(C)C)CCN2C(=O)OC(C)(C)C)CN1C(=O)OCc1ccccc1. The van der Waals surface area contributed by atoms with Crippen molar-refractivity contribution in [2.75, 3.05) is 39.8 Å². The molecule has 2 aliphatic rings. The maximum atomic E-state index is 13.0. The van der Waals surface area contributed by atoms with Crippen molar-refractivity contribution in [3.63, 3.8) is 0 Å². The average Bonchev–Trinajstić information content (AvgIpc) is 3.33. The summed E-state index contributed by atoms with van der Waals surface area (Å²) in [5.41, 5.74) is -0.506. The van der Waals surface area contributed by atoms with Crippen molar-refractivity contribution in [2.45, 2.75) is 83.9 Å². The maximum absolute atomic E-state index is 13.0. The van der Waals surface area contributed by atoms with Gasteiger partial charge < -0.3 is 34.1 Å². The van der Waals surface area contributed by atoms with E-state index >= 15 is 0 Å². The van der Waals surface area contributed by atoms with Gasteiger partial charge in [-0.25, -0.2) is 19.2 Å². The molecule has 0 aliphatic carbocycles. The molecule has 0 saturated carbocycles. The van der Waals surface area contributed by atoms with Crippen molar-refractivity contribution in [1.82, 2.24) is 20.0 Å². The molecular formula is C29H44N4O8. The number of hydrogen-bond acceptors (Lipinski definition) is 9. The van der Waals surface area contributed by atoms with Gasteiger partial charge in [-0.3, -0.25) is 4.90 Å². The first-order valence-corrected chi connectivity index (χ1v) is 13.9. The molecule has 1 N–H and O–H groups in total. The molecule has 41 heavy (non-hydrogen) atoms. The standard InChI is InChI=1S/C29H44N4O8/c1-28(2,3)40-25(35)31-13-14-32(27(37)41-29(4,5)6)22(18-31)16-30-21-15-23(24(34)38-7)33(17-21)26(36)39-19-20-11-9-8-10-12-20/h8-12,21-23,30H,13-19H2,1-7H3/t21-,22-,23-/m0/s1. The number of carbonyl (C=O) groups excluding carboxylic acids is 4. The first-order chi connectivity index (χ1) is 19.2. The highest BCUT2D eigenvalue weighted by molar-refractivity contribution is 5.82. The van der Waals surface area contributed by atoms with E-state index in [1.807, 2.05) is 30.3 Å². The van der Waals surface area contributed by atoms with E-state index in [1.54, 1.807) is 51.3 Å². The second-order valence-corrected chi connectivity index (χ2v) is 12.3. The van der Waals surface area contributed by atoms with Crippen molar-refractivity contribution in [3.8, 4) is 0 Å². The Labute approximate surface area is 242 Å². The number of ether oxygens (including phenoxy) is 4. The summed E-state index contributed by atoms with van der Waals surface area (Å²) in [7, 11) is 1.28. The van der Waals surface area contributed by atoms with E-state index in [4.69, 9.17) is 18.9 Å². The smallest absolute Gasteiger partial charge is 0.410 e. The normalized spacial score (nSPS) is 21.3. The van der Waals surface area contributed by atoms with E-state index in [0.717, 1.165) is 5.56 Å². The molecule has 2 heterocycles. The van der Waals surface area contributed by atoms with Crippen LogP contribution in [0.4, 0.5) is 14.4 Å². The van der Waals surface area contributed by atoms with Crippen LogP contribution in [0.5, 0.6) is 0 Å². The number of nitrogens with one attached hydrogen (secondary N) is 1. The van der Waals surface area contributed by atoms with Crippen molar-refractivity contribution in [1.29, 1.82) is 0 Å². The molecule has 2 aliphatic heterocycles. The fraction of sp³-hybridized carbons (Fsp3) is 0.655. The van der Waals surface area contributed by atoms with Crippen molar-refractivity contribution >= 4 is 24.2 Å². The van der Waals surface area contributed by atoms with E-state index < -0.39 is 47.5 Å². The molecule has 12 nitrogen and oxygen atoms in total. The molecule has 2 fully saturated rings. The summed E-state index contributed by atoms with van der Waals surface area (Å²) >= 11 is 0. The van der Waals surface area contributed by atoms with Gasteiger partial charge in [0.15, 0.2) is 0 Å². The molecule has 3 rings (SSSR count). The molecule has 3 atom stereocenters. The lowest BCUT2D eigenvalue weighted by atomic mass is 10.1. The Hall–Kier alpha value is -3.54. The van der Waals surface area contributed by atoms with Crippen LogP contribution in [0.15, 0.2) is 30.3 Å². The minimum atomic E-state index is -0.813. The highest BCUT2D eigenvalue weighted by atomic mass is 16.6. The molecular weight excluding hydrogens is 532 g/mol. The molecule has 0 unspecified atom stereocenters. The molecule has 3 amide bonds. The molecule has 1 aromatic carbocycles. The number of nitrogens with zero attached hydrogens (tertiary/aromatic N) is 3. The van der Waals surface area contributed by atoms with E-state index in [1.165, 1.54) is 12.0 Å². The number of piperazine rings is 1. The number of methoxy groups -OCH3 is 1. The Morgan fingerprint density at radius 1 is 0.854 bits per heavy atom. The maximum Gasteiger partial charge on any atom is 0.410 e. The third-order valence-electron chi connectivity index (χ3n) is 6.62. The zero-order valence-electron chi connectivity index (χ0n) is 25.2. The number of likely N-dealkylation sites (tertiary alicyclic amines) is 1. The van der Waals surface area contributed by atoms with E-state index in [9.17, 15) is 19.2 Å². The number of rotatable bonds is 6. The van der Waals surface area contributed by atoms with Crippen LogP contribution >= 0.6 is 0 Å². The van der Waals surface area contributed by atoms with Crippen molar-refractivity contribution in [3.05, 3.63) is 35.9 Å². The predicted molar refractivity (Wildman–Crippen MR) is 150 cm³/mol. The second kappa shape index (κ2) is 13.4. The summed E-state index contributed by atoms with van der Waals surface area (Å²) in [4.78, 5) is 55.9. The quantitative estimate of drug-likeness (QED) is 0.400. The number of carbonyl (C=O) groups is 4. The van der Waals surface area contributed by atoms with Gasteiger partial charge in [0.1, 0.15) is 23.9 Å². The minimum Gasteiger partial charge on any atom is -0.467 e. The van der Waals surface area contributed by atoms with Gasteiger partial charge in [-0.15, -0.1) is 0 Å². The van der Waals surface area contributed by atoms with Crippen LogP contribution in [-0.2, 0) is 30.3 Å². The van der Waals surface area contributed by atoms with Gasteiger partial charge in [-0.05, 0) is 53.5 Å². The monoisotopic (exact) mass is 576 g/mol. The van der Waals surface area contributed by atoms with Gasteiger partial charge in [0.2, 0.25) is 0 Å². The first-order valence-electron chi connectivity index (χ1n) is 13.9. The Bertz CT molecular complexity index is 1070. The number of hydrogen-bond donors (Lipinski definition) is 1. The van der Waals surface area contributed by atoms with Crippen LogP contribution in [0.25, 0.3) is 0 Å². The highest BCUT2D eigenvalue weighted by Crippen LogP contribution is 2.23. The van der Waals surface area contributed by atoms with Gasteiger partial charge in [-0.2, -0.15) is 0 Å². The largest absolute Gasteiger partial charge is 0.467 e. The van der Waals surface area contributed by atoms with E-state index in [0.29, 0.717) is 19.5 Å². The number of amides is 3. The molecule has 0 radical (unpaired) electrons. The average molecular weight is 577 g/mol. The van der Waals surface area contributed by atoms with Gasteiger partial charge in [0.25, 0.3) is 0 Å². The highest BCUT2D eigenvalue weighted by Gasteiger charge is 2.42. The topological polar surface area (TPSA) is 127 Å². The van der Waals surface area contributed by atoms with Crippen LogP contribution < -0.4 is 5.32 Å². The predicted octanol–water partition coefficient (Wildman–Crippen LogP) is 3.39. The van der Waals surface area contributed by atoms with Crippen LogP contribution in [-0.4, -0.2) is 108 Å². The lowest BCUT2D eigenvalue weighted by molar-refractivity contribution is -0.145. The molecule has 0 aromatic heterocycles. The molecule has 12 heteroatoms. The molecule has 0 bridgehead atoms. The zero-order valence-corrected chi connectivity index (χ0v) is 25.2. The van der Waals surface area contributed by atoms with Crippen LogP contribution in [0.2, 0.25) is 0 Å². The third kappa shape index (κ3) is 9.51. The summed E-state index contributed by atoms with van der Waals surface area (Å²) in [5.74, 6) is -0.532. The van der Waals surface area contributed by atoms with Crippen LogP contribution in [0, 0.1) is 0 Å². The van der Waals surface area contributed by atoms with Crippen LogP contribution in [0.3, 0.4) is 0 Å². The van der Waals surface area contributed by atoms with Gasteiger partial charge in [0, 0.05) is 38.8 Å². The molecule has 1 aromatic rings. The third-order valence-corrected chi connectivity index (χ3v) is 6.62. The Morgan fingerprint density at radius 3 is 2.10 bits per heavy atom. The lowest BCUT2D eigenvalue weighted by Gasteiger charge is -2.42. The van der Waals surface area contributed by atoms with Gasteiger partial charge >= 0.3 is 24.2 Å². The Kier molecular flexibility index (Phi) is 10.5. The second-order valence-electron chi connectivity index (χ2n) is 12.3.